The van der Waals surface area contributed by atoms with E-state index in [1.54, 1.807) is 0 Å². The first-order chi connectivity index (χ1) is 7.54. The van der Waals surface area contributed by atoms with Gasteiger partial charge in [0.1, 0.15) is 0 Å². The summed E-state index contributed by atoms with van der Waals surface area (Å²) >= 11 is 0. The van der Waals surface area contributed by atoms with Crippen molar-refractivity contribution in [2.24, 2.45) is 0 Å². The molecule has 0 saturated carbocycles. The molecule has 0 aromatic rings. The second-order valence-electron chi connectivity index (χ2n) is 6.52. The zero-order chi connectivity index (χ0) is 13.4. The molecule has 1 fully saturated rings. The van der Waals surface area contributed by atoms with Gasteiger partial charge in [-0.15, -0.1) is 0 Å². The first-order valence-electron chi connectivity index (χ1n) is 6.22. The second-order valence-corrected chi connectivity index (χ2v) is 11.3. The number of nitrogens with zero attached hydrogens (tertiary/aromatic N) is 1. The highest BCUT2D eigenvalue weighted by molar-refractivity contribution is 6.74. The Kier molecular flexibility index (Phi) is 3.93. The third-order valence-corrected chi connectivity index (χ3v) is 8.58. The Balaban J connectivity index is 2.64. The molecule has 100 valence electrons. The van der Waals surface area contributed by atoms with Crippen LogP contribution in [0.2, 0.25) is 18.1 Å². The lowest BCUT2D eigenvalue weighted by molar-refractivity contribution is 0.134. The number of hydrogen-bond donors (Lipinski definition) is 1. The van der Waals surface area contributed by atoms with E-state index in [4.69, 9.17) is 9.53 Å². The number of likely N-dealkylation sites (tertiary alicyclic amines) is 1. The van der Waals surface area contributed by atoms with Gasteiger partial charge in [-0.25, -0.2) is 4.79 Å². The molecule has 0 bridgehead atoms. The molecule has 1 saturated heterocycles. The Bertz CT molecular complexity index is 299. The summed E-state index contributed by atoms with van der Waals surface area (Å²) in [5.74, 6) is 0. The van der Waals surface area contributed by atoms with Gasteiger partial charge in [0, 0.05) is 12.6 Å². The maximum absolute atomic E-state index is 11.0. The van der Waals surface area contributed by atoms with Crippen LogP contribution in [0.4, 0.5) is 4.79 Å². The minimum absolute atomic E-state index is 0.0713. The van der Waals surface area contributed by atoms with E-state index in [-0.39, 0.29) is 17.2 Å². The molecule has 1 N–H and O–H groups in total. The first-order valence-corrected chi connectivity index (χ1v) is 9.13. The van der Waals surface area contributed by atoms with Gasteiger partial charge in [-0.2, -0.15) is 0 Å². The summed E-state index contributed by atoms with van der Waals surface area (Å²) in [6.07, 6.45) is 0.0551. The fourth-order valence-corrected chi connectivity index (χ4v) is 3.28. The highest BCUT2D eigenvalue weighted by atomic mass is 28.4. The molecule has 0 aliphatic carbocycles. The smallest absolute Gasteiger partial charge is 0.407 e. The Morgan fingerprint density at radius 2 is 1.94 bits per heavy atom. The van der Waals surface area contributed by atoms with E-state index in [1.165, 1.54) is 4.90 Å². The Hall–Kier alpha value is -0.553. The topological polar surface area (TPSA) is 49.8 Å². The summed E-state index contributed by atoms with van der Waals surface area (Å²) in [7, 11) is -1.78. The molecule has 2 atom stereocenters. The lowest BCUT2D eigenvalue weighted by atomic mass is 10.2. The van der Waals surface area contributed by atoms with Gasteiger partial charge in [-0.3, -0.25) is 0 Å². The number of hydrogen-bond acceptors (Lipinski definition) is 2. The minimum atomic E-state index is -1.78. The molecule has 0 unspecified atom stereocenters. The van der Waals surface area contributed by atoms with Gasteiger partial charge in [0.05, 0.1) is 6.10 Å². The van der Waals surface area contributed by atoms with Gasteiger partial charge >= 0.3 is 6.09 Å². The van der Waals surface area contributed by atoms with Gasteiger partial charge in [0.25, 0.3) is 0 Å². The van der Waals surface area contributed by atoms with E-state index in [0.717, 1.165) is 6.42 Å². The summed E-state index contributed by atoms with van der Waals surface area (Å²) in [5, 5.41) is 9.21. The Morgan fingerprint density at radius 3 is 2.29 bits per heavy atom. The van der Waals surface area contributed by atoms with Crippen LogP contribution in [-0.2, 0) is 4.43 Å². The summed E-state index contributed by atoms with van der Waals surface area (Å²) in [6, 6.07) is 0.0715. The molecule has 1 amide bonds. The van der Waals surface area contributed by atoms with Crippen LogP contribution >= 0.6 is 0 Å². The van der Waals surface area contributed by atoms with Crippen LogP contribution in [0.3, 0.4) is 0 Å². The fraction of sp³-hybridized carbons (Fsp3) is 0.917. The largest absolute Gasteiger partial charge is 0.465 e. The van der Waals surface area contributed by atoms with E-state index >= 15 is 0 Å². The zero-order valence-electron chi connectivity index (χ0n) is 11.8. The SMILES string of the molecule is C[C@H]1C[C@H](O[Si](C)(C)C(C)(C)C)CN1C(=O)O. The van der Waals surface area contributed by atoms with Crippen molar-refractivity contribution in [1.82, 2.24) is 4.90 Å². The average molecular weight is 259 g/mol. The Labute approximate surface area is 105 Å². The van der Waals surface area contributed by atoms with Gasteiger partial charge in [0.2, 0.25) is 0 Å². The van der Waals surface area contributed by atoms with Crippen LogP contribution in [0.15, 0.2) is 0 Å². The van der Waals surface area contributed by atoms with Crippen molar-refractivity contribution in [3.05, 3.63) is 0 Å². The van der Waals surface area contributed by atoms with Crippen molar-refractivity contribution in [3.8, 4) is 0 Å². The minimum Gasteiger partial charge on any atom is -0.465 e. The molecule has 1 heterocycles. The van der Waals surface area contributed by atoms with E-state index in [2.05, 4.69) is 33.9 Å². The van der Waals surface area contributed by atoms with Crippen LogP contribution in [0.25, 0.3) is 0 Å². The number of rotatable bonds is 2. The van der Waals surface area contributed by atoms with Gasteiger partial charge in [-0.1, -0.05) is 20.8 Å². The van der Waals surface area contributed by atoms with Crippen LogP contribution in [0.1, 0.15) is 34.1 Å². The molecule has 1 rings (SSSR count). The van der Waals surface area contributed by atoms with Gasteiger partial charge in [-0.05, 0) is 31.5 Å². The van der Waals surface area contributed by atoms with E-state index < -0.39 is 14.4 Å². The maximum atomic E-state index is 11.0. The molecule has 1 aliphatic heterocycles. The summed E-state index contributed by atoms with van der Waals surface area (Å²) < 4.78 is 6.25. The molecular weight excluding hydrogens is 234 g/mol. The van der Waals surface area contributed by atoms with Crippen LogP contribution in [0.5, 0.6) is 0 Å². The van der Waals surface area contributed by atoms with E-state index in [9.17, 15) is 4.79 Å². The quantitative estimate of drug-likeness (QED) is 0.775. The number of amides is 1. The summed E-state index contributed by atoms with van der Waals surface area (Å²) in [6.45, 7) is 13.5. The van der Waals surface area contributed by atoms with Crippen molar-refractivity contribution in [1.29, 1.82) is 0 Å². The highest BCUT2D eigenvalue weighted by Crippen LogP contribution is 2.38. The average Bonchev–Trinajstić information content (AvgIpc) is 2.43. The zero-order valence-corrected chi connectivity index (χ0v) is 12.8. The molecule has 0 aromatic carbocycles. The van der Waals surface area contributed by atoms with Crippen LogP contribution < -0.4 is 0 Å². The highest BCUT2D eigenvalue weighted by Gasteiger charge is 2.42. The van der Waals surface area contributed by atoms with Gasteiger partial charge in [0.15, 0.2) is 8.32 Å². The third kappa shape index (κ3) is 3.22. The fourth-order valence-electron chi connectivity index (χ4n) is 1.93. The van der Waals surface area contributed by atoms with Crippen molar-refractivity contribution in [2.45, 2.75) is 64.4 Å². The molecule has 17 heavy (non-hydrogen) atoms. The van der Waals surface area contributed by atoms with Crippen molar-refractivity contribution < 1.29 is 14.3 Å². The normalized spacial score (nSPS) is 26.4. The summed E-state index contributed by atoms with van der Waals surface area (Å²) in [4.78, 5) is 12.5. The molecule has 0 radical (unpaired) electrons. The van der Waals surface area contributed by atoms with Gasteiger partial charge < -0.3 is 14.4 Å². The lowest BCUT2D eigenvalue weighted by Crippen LogP contribution is -2.44. The van der Waals surface area contributed by atoms with E-state index in [1.807, 2.05) is 6.92 Å². The number of carboxylic acid groups (broad SMARTS) is 1. The van der Waals surface area contributed by atoms with Crippen LogP contribution in [-0.4, -0.2) is 43.1 Å². The van der Waals surface area contributed by atoms with Crippen molar-refractivity contribution in [2.75, 3.05) is 6.54 Å². The molecule has 4 nitrogen and oxygen atoms in total. The molecule has 5 heteroatoms. The van der Waals surface area contributed by atoms with E-state index in [0.29, 0.717) is 6.54 Å². The predicted molar refractivity (Wildman–Crippen MR) is 70.9 cm³/mol. The summed E-state index contributed by atoms with van der Waals surface area (Å²) in [5.41, 5.74) is 0. The van der Waals surface area contributed by atoms with Crippen molar-refractivity contribution >= 4 is 14.4 Å². The second kappa shape index (κ2) is 4.61. The first kappa shape index (κ1) is 14.5. The van der Waals surface area contributed by atoms with Crippen LogP contribution in [0, 0.1) is 0 Å². The number of carbonyl (C=O) groups is 1. The molecule has 1 aliphatic rings. The van der Waals surface area contributed by atoms with Crippen molar-refractivity contribution in [3.63, 3.8) is 0 Å². The molecule has 0 aromatic heterocycles. The maximum Gasteiger partial charge on any atom is 0.407 e. The monoisotopic (exact) mass is 259 g/mol. The molecular formula is C12H25NO3Si. The third-order valence-electron chi connectivity index (χ3n) is 4.05. The standard InChI is InChI=1S/C12H25NO3Si/c1-9-7-10(8-13(9)11(14)15)16-17(5,6)12(2,3)4/h9-10H,7-8H2,1-6H3,(H,14,15)/t9-,10-/m0/s1. The lowest BCUT2D eigenvalue weighted by Gasteiger charge is -2.38. The molecule has 0 spiro atoms. The Morgan fingerprint density at radius 1 is 1.41 bits per heavy atom. The predicted octanol–water partition coefficient (Wildman–Crippen LogP) is 3.15.